The quantitative estimate of drug-likeness (QED) is 0.880. The van der Waals surface area contributed by atoms with Crippen molar-refractivity contribution in [2.45, 2.75) is 46.1 Å². The molecule has 0 aliphatic carbocycles. The molecule has 0 aliphatic heterocycles. The lowest BCUT2D eigenvalue weighted by molar-refractivity contribution is -0.116. The molecule has 1 heterocycles. The van der Waals surface area contributed by atoms with E-state index in [2.05, 4.69) is 15.7 Å². The van der Waals surface area contributed by atoms with Gasteiger partial charge in [0.15, 0.2) is 0 Å². The Hall–Kier alpha value is -2.63. The van der Waals surface area contributed by atoms with Crippen LogP contribution in [0.4, 0.5) is 11.4 Å². The summed E-state index contributed by atoms with van der Waals surface area (Å²) in [5.74, 6) is -0.269. The summed E-state index contributed by atoms with van der Waals surface area (Å²) in [7, 11) is 0. The summed E-state index contributed by atoms with van der Waals surface area (Å²) in [4.78, 5) is 24.0. The van der Waals surface area contributed by atoms with Crippen molar-refractivity contribution in [3.63, 3.8) is 0 Å². The Morgan fingerprint density at radius 3 is 2.42 bits per heavy atom. The summed E-state index contributed by atoms with van der Waals surface area (Å²) in [6, 6.07) is 7.10. The molecule has 2 amide bonds. The van der Waals surface area contributed by atoms with E-state index < -0.39 is 0 Å². The predicted octanol–water partition coefficient (Wildman–Crippen LogP) is 3.63. The molecule has 0 bridgehead atoms. The van der Waals surface area contributed by atoms with Gasteiger partial charge in [-0.15, -0.1) is 0 Å². The number of aromatic nitrogens is 2. The first-order chi connectivity index (χ1) is 11.3. The molecule has 2 rings (SSSR count). The minimum atomic E-state index is -0.234. The maximum Gasteiger partial charge on any atom is 0.258 e. The van der Waals surface area contributed by atoms with Gasteiger partial charge in [-0.2, -0.15) is 5.10 Å². The van der Waals surface area contributed by atoms with Crippen molar-refractivity contribution in [1.82, 2.24) is 9.78 Å². The Morgan fingerprint density at radius 1 is 1.17 bits per heavy atom. The van der Waals surface area contributed by atoms with Crippen LogP contribution in [-0.2, 0) is 10.3 Å². The van der Waals surface area contributed by atoms with E-state index in [0.29, 0.717) is 23.4 Å². The Bertz CT molecular complexity index is 729. The Labute approximate surface area is 142 Å². The van der Waals surface area contributed by atoms with E-state index in [9.17, 15) is 9.59 Å². The van der Waals surface area contributed by atoms with E-state index in [0.717, 1.165) is 6.42 Å². The summed E-state index contributed by atoms with van der Waals surface area (Å²) >= 11 is 0. The molecule has 0 fully saturated rings. The lowest BCUT2D eigenvalue weighted by Gasteiger charge is -2.18. The minimum absolute atomic E-state index is 0.0348. The van der Waals surface area contributed by atoms with Gasteiger partial charge in [0.1, 0.15) is 0 Å². The van der Waals surface area contributed by atoms with Crippen LogP contribution < -0.4 is 10.6 Å². The third-order valence-corrected chi connectivity index (χ3v) is 3.41. The molecule has 0 aliphatic rings. The van der Waals surface area contributed by atoms with E-state index in [1.165, 1.54) is 0 Å². The number of amides is 2. The molecule has 0 unspecified atom stereocenters. The average molecular weight is 328 g/mol. The summed E-state index contributed by atoms with van der Waals surface area (Å²) in [5.41, 5.74) is 1.60. The zero-order valence-electron chi connectivity index (χ0n) is 14.6. The summed E-state index contributed by atoms with van der Waals surface area (Å²) < 4.78 is 1.75. The van der Waals surface area contributed by atoms with Crippen molar-refractivity contribution in [2.24, 2.45) is 0 Å². The summed E-state index contributed by atoms with van der Waals surface area (Å²) in [6.07, 6.45) is 4.54. The van der Waals surface area contributed by atoms with Crippen molar-refractivity contribution in [2.75, 3.05) is 10.6 Å². The van der Waals surface area contributed by atoms with Gasteiger partial charge in [0, 0.05) is 24.0 Å². The van der Waals surface area contributed by atoms with Crippen molar-refractivity contribution in [3.05, 3.63) is 42.2 Å². The minimum Gasteiger partial charge on any atom is -0.326 e. The molecule has 128 valence electrons. The van der Waals surface area contributed by atoms with Crippen LogP contribution >= 0.6 is 0 Å². The molecule has 6 nitrogen and oxygen atoms in total. The highest BCUT2D eigenvalue weighted by Crippen LogP contribution is 2.18. The lowest BCUT2D eigenvalue weighted by atomic mass is 10.1. The van der Waals surface area contributed by atoms with Gasteiger partial charge < -0.3 is 10.6 Å². The van der Waals surface area contributed by atoms with Crippen molar-refractivity contribution in [1.29, 1.82) is 0 Å². The van der Waals surface area contributed by atoms with Gasteiger partial charge in [0.2, 0.25) is 5.91 Å². The molecule has 0 saturated carbocycles. The number of carbonyl (C=O) groups excluding carboxylic acids is 2. The summed E-state index contributed by atoms with van der Waals surface area (Å²) in [5, 5.41) is 9.86. The van der Waals surface area contributed by atoms with Crippen molar-refractivity contribution >= 4 is 23.2 Å². The first-order valence-corrected chi connectivity index (χ1v) is 8.06. The van der Waals surface area contributed by atoms with E-state index >= 15 is 0 Å². The number of anilines is 2. The maximum absolute atomic E-state index is 12.3. The van der Waals surface area contributed by atoms with Crippen molar-refractivity contribution in [3.8, 4) is 0 Å². The van der Waals surface area contributed by atoms with Crippen LogP contribution in [0.5, 0.6) is 0 Å². The molecule has 0 radical (unpaired) electrons. The molecule has 24 heavy (non-hydrogen) atoms. The van der Waals surface area contributed by atoms with Crippen LogP contribution in [0.1, 0.15) is 50.9 Å². The van der Waals surface area contributed by atoms with Gasteiger partial charge in [-0.3, -0.25) is 14.3 Å². The van der Waals surface area contributed by atoms with Gasteiger partial charge in [-0.1, -0.05) is 13.0 Å². The lowest BCUT2D eigenvalue weighted by Crippen LogP contribution is -2.22. The van der Waals surface area contributed by atoms with Gasteiger partial charge in [0.05, 0.1) is 17.3 Å². The number of hydrogen-bond acceptors (Lipinski definition) is 3. The average Bonchev–Trinajstić information content (AvgIpc) is 2.97. The van der Waals surface area contributed by atoms with E-state index in [1.807, 2.05) is 27.7 Å². The molecule has 2 aromatic rings. The highest BCUT2D eigenvalue weighted by atomic mass is 16.2. The third kappa shape index (κ3) is 4.68. The standard InChI is InChI=1S/C18H24N4O2/c1-5-7-16(23)20-14-8-6-9-15(10-14)21-17(24)13-11-19-22(12-13)18(2,3)4/h6,8-12H,5,7H2,1-4H3,(H,20,23)(H,21,24). The first-order valence-electron chi connectivity index (χ1n) is 8.06. The SMILES string of the molecule is CCCC(=O)Nc1cccc(NC(=O)c2cnn(C(C)(C)C)c2)c1. The number of nitrogens with zero attached hydrogens (tertiary/aromatic N) is 2. The van der Waals surface area contributed by atoms with Crippen LogP contribution in [-0.4, -0.2) is 21.6 Å². The van der Waals surface area contributed by atoms with Crippen LogP contribution in [0.25, 0.3) is 0 Å². The van der Waals surface area contributed by atoms with Gasteiger partial charge in [-0.05, 0) is 45.4 Å². The van der Waals surface area contributed by atoms with Crippen molar-refractivity contribution < 1.29 is 9.59 Å². The molecule has 1 aromatic carbocycles. The summed E-state index contributed by atoms with van der Waals surface area (Å²) in [6.45, 7) is 8.01. The highest BCUT2D eigenvalue weighted by Gasteiger charge is 2.17. The number of hydrogen-bond donors (Lipinski definition) is 2. The first kappa shape index (κ1) is 17.7. The molecule has 1 aromatic heterocycles. The molecule has 0 atom stereocenters. The molecular formula is C18H24N4O2. The van der Waals surface area contributed by atoms with Crippen LogP contribution in [0.3, 0.4) is 0 Å². The smallest absolute Gasteiger partial charge is 0.258 e. The predicted molar refractivity (Wildman–Crippen MR) is 95.2 cm³/mol. The second kappa shape index (κ2) is 7.29. The van der Waals surface area contributed by atoms with Crippen LogP contribution in [0.2, 0.25) is 0 Å². The fourth-order valence-corrected chi connectivity index (χ4v) is 2.14. The van der Waals surface area contributed by atoms with Gasteiger partial charge >= 0.3 is 0 Å². The van der Waals surface area contributed by atoms with Gasteiger partial charge in [0.25, 0.3) is 5.91 Å². The second-order valence-electron chi connectivity index (χ2n) is 6.68. The Balaban J connectivity index is 2.06. The number of nitrogens with one attached hydrogen (secondary N) is 2. The molecular weight excluding hydrogens is 304 g/mol. The van der Waals surface area contributed by atoms with E-state index in [4.69, 9.17) is 0 Å². The molecule has 0 spiro atoms. The van der Waals surface area contributed by atoms with Crippen LogP contribution in [0.15, 0.2) is 36.7 Å². The highest BCUT2D eigenvalue weighted by molar-refractivity contribution is 6.04. The van der Waals surface area contributed by atoms with E-state index in [1.54, 1.807) is 41.3 Å². The Kier molecular flexibility index (Phi) is 5.39. The van der Waals surface area contributed by atoms with Gasteiger partial charge in [-0.25, -0.2) is 0 Å². The second-order valence-corrected chi connectivity index (χ2v) is 6.68. The molecule has 6 heteroatoms. The maximum atomic E-state index is 12.3. The molecule has 2 N–H and O–H groups in total. The largest absolute Gasteiger partial charge is 0.326 e. The fraction of sp³-hybridized carbons (Fsp3) is 0.389. The fourth-order valence-electron chi connectivity index (χ4n) is 2.14. The third-order valence-electron chi connectivity index (χ3n) is 3.41. The van der Waals surface area contributed by atoms with E-state index in [-0.39, 0.29) is 17.4 Å². The zero-order valence-corrected chi connectivity index (χ0v) is 14.6. The van der Waals surface area contributed by atoms with Crippen LogP contribution in [0, 0.1) is 0 Å². The normalized spacial score (nSPS) is 11.2. The molecule has 0 saturated heterocycles. The topological polar surface area (TPSA) is 76.0 Å². The number of benzene rings is 1. The monoisotopic (exact) mass is 328 g/mol. The number of rotatable bonds is 5. The zero-order chi connectivity index (χ0) is 17.7. The number of carbonyl (C=O) groups is 2. The Morgan fingerprint density at radius 2 is 1.83 bits per heavy atom.